The third-order valence-electron chi connectivity index (χ3n) is 9.41. The highest BCUT2D eigenvalue weighted by Gasteiger charge is 2.50. The first-order valence-corrected chi connectivity index (χ1v) is 14.7. The molecule has 6 aliphatic rings. The zero-order chi connectivity index (χ0) is 27.2. The molecule has 11 rings (SSSR count). The van der Waals surface area contributed by atoms with Crippen LogP contribution in [0, 0.1) is 0 Å². The lowest BCUT2D eigenvalue weighted by Gasteiger charge is -2.39. The van der Waals surface area contributed by atoms with Crippen molar-refractivity contribution >= 4 is 76.5 Å². The van der Waals surface area contributed by atoms with Crippen LogP contribution in [0.4, 0.5) is 0 Å². The predicted octanol–water partition coefficient (Wildman–Crippen LogP) is 6.98. The Morgan fingerprint density at radius 3 is 0.825 bits per heavy atom. The second-order valence-corrected chi connectivity index (χ2v) is 12.7. The Kier molecular flexibility index (Phi) is 4.32. The van der Waals surface area contributed by atoms with Gasteiger partial charge in [0.15, 0.2) is 0 Å². The molecule has 0 saturated heterocycles. The van der Waals surface area contributed by atoms with Gasteiger partial charge in [-0.25, -0.2) is 0 Å². The molecule has 4 bridgehead atoms. The van der Waals surface area contributed by atoms with E-state index in [4.69, 9.17) is 0 Å². The van der Waals surface area contributed by atoms with Gasteiger partial charge in [-0.1, -0.05) is 48.5 Å². The van der Waals surface area contributed by atoms with Crippen molar-refractivity contribution in [3.05, 3.63) is 126 Å². The van der Waals surface area contributed by atoms with Gasteiger partial charge in [0.05, 0.1) is 23.7 Å². The summed E-state index contributed by atoms with van der Waals surface area (Å²) in [6.45, 7) is 0. The maximum Gasteiger partial charge on any atom is 0.211 e. The van der Waals surface area contributed by atoms with Crippen molar-refractivity contribution in [2.45, 2.75) is 23.7 Å². The molecule has 6 aliphatic carbocycles. The van der Waals surface area contributed by atoms with Crippen molar-refractivity contribution in [2.75, 3.05) is 0 Å². The lowest BCUT2D eigenvalue weighted by atomic mass is 9.62. The minimum atomic E-state index is -0.603. The molecule has 0 N–H and O–H groups in total. The van der Waals surface area contributed by atoms with Gasteiger partial charge in [-0.05, 0) is 122 Å². The minimum absolute atomic E-state index is 0.349. The molecule has 0 aliphatic heterocycles. The molecule has 0 aromatic heterocycles. The van der Waals surface area contributed by atoms with Gasteiger partial charge in [-0.2, -0.15) is 0 Å². The Morgan fingerprint density at radius 2 is 0.600 bits per heavy atom. The maximum absolute atomic E-state index is 13.2. The quantitative estimate of drug-likeness (QED) is 0.134. The monoisotopic (exact) mass is 646 g/mol. The molecule has 4 unspecified atom stereocenters. The van der Waals surface area contributed by atoms with Crippen LogP contribution in [-0.4, -0.2) is 23.1 Å². The lowest BCUT2D eigenvalue weighted by Crippen LogP contribution is -2.40. The fourth-order valence-electron chi connectivity index (χ4n) is 7.73. The van der Waals surface area contributed by atoms with Crippen LogP contribution in [0.25, 0.3) is 21.5 Å². The van der Waals surface area contributed by atoms with E-state index in [9.17, 15) is 19.2 Å². The van der Waals surface area contributed by atoms with Gasteiger partial charge in [0.2, 0.25) is 23.1 Å². The number of ketones is 4. The predicted molar refractivity (Wildman–Crippen MR) is 157 cm³/mol. The van der Waals surface area contributed by atoms with Crippen molar-refractivity contribution in [1.29, 1.82) is 0 Å². The van der Waals surface area contributed by atoms with Gasteiger partial charge in [0, 0.05) is 8.95 Å². The van der Waals surface area contributed by atoms with Crippen molar-refractivity contribution < 1.29 is 19.2 Å². The number of benzene rings is 5. The lowest BCUT2D eigenvalue weighted by molar-refractivity contribution is -0.138. The Bertz CT molecular complexity index is 1840. The van der Waals surface area contributed by atoms with Crippen LogP contribution in [0.1, 0.15) is 68.2 Å². The smallest absolute Gasteiger partial charge is 0.211 e. The Labute approximate surface area is 244 Å². The van der Waals surface area contributed by atoms with E-state index in [0.29, 0.717) is 0 Å². The van der Waals surface area contributed by atoms with Crippen LogP contribution in [-0.2, 0) is 19.2 Å². The Balaban J connectivity index is 1.35. The topological polar surface area (TPSA) is 68.3 Å². The standard InChI is InChI=1S/C34H16Br2O4/c35-29-21-9-17-18(26-14-6-2-1-5-13(14)25(17)31(37)32(26)38)10-22(21)30(36)24-12-20-19(11-23(24)29)27-15-7-3-4-8-16(15)28(20)34(40)33(27)39/h1-12,25-28H. The zero-order valence-electron chi connectivity index (χ0n) is 20.6. The van der Waals surface area contributed by atoms with Crippen LogP contribution in [0.15, 0.2) is 81.7 Å². The van der Waals surface area contributed by atoms with E-state index in [2.05, 4.69) is 31.9 Å². The third kappa shape index (κ3) is 2.54. The Hall–Kier alpha value is -3.74. The van der Waals surface area contributed by atoms with Crippen LogP contribution in [0.3, 0.4) is 0 Å². The van der Waals surface area contributed by atoms with Gasteiger partial charge in [-0.3, -0.25) is 19.2 Å². The SMILES string of the molecule is O=C1C(=O)C2c3ccccc3C1c1cc3c(Br)c4cc5c(cc4c(Br)c3cc12)C1C(=O)C(=O)C5c2ccccc21. The number of rotatable bonds is 0. The molecule has 0 heterocycles. The fourth-order valence-corrected chi connectivity index (χ4v) is 9.04. The molecule has 40 heavy (non-hydrogen) atoms. The van der Waals surface area contributed by atoms with Crippen LogP contribution >= 0.6 is 31.9 Å². The molecule has 0 amide bonds. The molecule has 0 radical (unpaired) electrons. The highest BCUT2D eigenvalue weighted by Crippen LogP contribution is 2.55. The van der Waals surface area contributed by atoms with Crippen molar-refractivity contribution in [2.24, 2.45) is 0 Å². The average Bonchev–Trinajstić information content (AvgIpc) is 2.97. The van der Waals surface area contributed by atoms with Gasteiger partial charge < -0.3 is 0 Å². The summed E-state index contributed by atoms with van der Waals surface area (Å²) < 4.78 is 1.71. The minimum Gasteiger partial charge on any atom is -0.290 e. The van der Waals surface area contributed by atoms with E-state index < -0.39 is 23.7 Å². The number of carbonyl (C=O) groups excluding carboxylic acids is 4. The van der Waals surface area contributed by atoms with Crippen LogP contribution in [0.2, 0.25) is 0 Å². The number of fused-ring (bicyclic) bond motifs is 4. The molecule has 190 valence electrons. The summed E-state index contributed by atoms with van der Waals surface area (Å²) in [4.78, 5) is 52.7. The summed E-state index contributed by atoms with van der Waals surface area (Å²) in [6.07, 6.45) is 0. The molecular weight excluding hydrogens is 632 g/mol. The fraction of sp³-hybridized carbons (Fsp3) is 0.118. The third-order valence-corrected chi connectivity index (χ3v) is 11.1. The summed E-state index contributed by atoms with van der Waals surface area (Å²) in [6, 6.07) is 23.7. The molecule has 4 nitrogen and oxygen atoms in total. The van der Waals surface area contributed by atoms with Crippen molar-refractivity contribution in [1.82, 2.24) is 0 Å². The normalized spacial score (nSPS) is 23.4. The first-order valence-electron chi connectivity index (χ1n) is 13.1. The summed E-state index contributed by atoms with van der Waals surface area (Å²) in [5.74, 6) is -3.81. The van der Waals surface area contributed by atoms with Gasteiger partial charge in [0.1, 0.15) is 0 Å². The molecule has 5 aromatic carbocycles. The van der Waals surface area contributed by atoms with Gasteiger partial charge >= 0.3 is 0 Å². The number of Topliss-reactive ketones (excluding diaryl/α,β-unsaturated/α-hetero) is 4. The first-order chi connectivity index (χ1) is 19.4. The number of hydrogen-bond donors (Lipinski definition) is 0. The van der Waals surface area contributed by atoms with E-state index in [-0.39, 0.29) is 23.1 Å². The van der Waals surface area contributed by atoms with Gasteiger partial charge in [-0.15, -0.1) is 0 Å². The first kappa shape index (κ1) is 23.0. The number of halogens is 2. The Morgan fingerprint density at radius 1 is 0.375 bits per heavy atom. The average molecular weight is 648 g/mol. The second kappa shape index (κ2) is 7.50. The highest BCUT2D eigenvalue weighted by atomic mass is 79.9. The summed E-state index contributed by atoms with van der Waals surface area (Å²) in [5.41, 5.74) is 7.13. The van der Waals surface area contributed by atoms with Crippen molar-refractivity contribution in [3.8, 4) is 0 Å². The summed E-state index contributed by atoms with van der Waals surface area (Å²) in [5, 5.41) is 3.69. The van der Waals surface area contributed by atoms with Gasteiger partial charge in [0.25, 0.3) is 0 Å². The molecular formula is C34H16Br2O4. The molecule has 4 atom stereocenters. The van der Waals surface area contributed by atoms with Crippen LogP contribution < -0.4 is 0 Å². The zero-order valence-corrected chi connectivity index (χ0v) is 23.8. The summed E-state index contributed by atoms with van der Waals surface area (Å²) in [7, 11) is 0. The second-order valence-electron chi connectivity index (χ2n) is 11.1. The summed E-state index contributed by atoms with van der Waals surface area (Å²) >= 11 is 7.74. The van der Waals surface area contributed by atoms with Crippen molar-refractivity contribution in [3.63, 3.8) is 0 Å². The van der Waals surface area contributed by atoms with E-state index >= 15 is 0 Å². The largest absolute Gasteiger partial charge is 0.290 e. The molecule has 5 aromatic rings. The van der Waals surface area contributed by atoms with E-state index in [1.54, 1.807) is 0 Å². The highest BCUT2D eigenvalue weighted by molar-refractivity contribution is 9.11. The van der Waals surface area contributed by atoms with E-state index in [0.717, 1.165) is 75.0 Å². The van der Waals surface area contributed by atoms with E-state index in [1.807, 2.05) is 72.8 Å². The molecule has 0 spiro atoms. The van der Waals surface area contributed by atoms with E-state index in [1.165, 1.54) is 0 Å². The maximum atomic E-state index is 13.2. The molecule has 0 fully saturated rings. The van der Waals surface area contributed by atoms with Crippen LogP contribution in [0.5, 0.6) is 0 Å². The number of carbonyl (C=O) groups is 4. The molecule has 6 heteroatoms. The number of hydrogen-bond acceptors (Lipinski definition) is 4. The molecule has 0 saturated carbocycles.